The van der Waals surface area contributed by atoms with E-state index < -0.39 is 0 Å². The van der Waals surface area contributed by atoms with Crippen molar-refractivity contribution in [3.05, 3.63) is 0 Å². The molecule has 0 aromatic carbocycles. The van der Waals surface area contributed by atoms with Crippen molar-refractivity contribution in [2.75, 3.05) is 26.3 Å². The third kappa shape index (κ3) is 3.47. The van der Waals surface area contributed by atoms with Crippen LogP contribution in [0.2, 0.25) is 0 Å². The molecule has 2 fully saturated rings. The zero-order chi connectivity index (χ0) is 10.7. The van der Waals surface area contributed by atoms with E-state index in [0.29, 0.717) is 12.5 Å². The summed E-state index contributed by atoms with van der Waals surface area (Å²) >= 11 is 0. The first kappa shape index (κ1) is 10.9. The summed E-state index contributed by atoms with van der Waals surface area (Å²) in [5.41, 5.74) is 0. The number of carbonyl (C=O) groups excluding carboxylic acids is 1. The molecule has 0 aromatic rings. The van der Waals surface area contributed by atoms with Crippen molar-refractivity contribution in [3.8, 4) is 0 Å². The van der Waals surface area contributed by atoms with Crippen LogP contribution in [0.5, 0.6) is 0 Å². The Morgan fingerprint density at radius 3 is 2.87 bits per heavy atom. The Hall–Kier alpha value is -0.610. The second-order valence-electron chi connectivity index (χ2n) is 4.59. The number of aliphatic hydroxyl groups excluding tert-OH is 1. The smallest absolute Gasteiger partial charge is 0.248 e. The van der Waals surface area contributed by atoms with Crippen LogP contribution >= 0.6 is 0 Å². The van der Waals surface area contributed by atoms with Crippen LogP contribution in [0.15, 0.2) is 0 Å². The molecule has 0 spiro atoms. The number of amides is 1. The maximum atomic E-state index is 11.6. The van der Waals surface area contributed by atoms with E-state index in [2.05, 4.69) is 0 Å². The maximum Gasteiger partial charge on any atom is 0.248 e. The number of nitrogens with zero attached hydrogens (tertiary/aromatic N) is 1. The summed E-state index contributed by atoms with van der Waals surface area (Å²) in [6.45, 7) is 2.15. The van der Waals surface area contributed by atoms with Crippen LogP contribution < -0.4 is 0 Å². The summed E-state index contributed by atoms with van der Waals surface area (Å²) < 4.78 is 5.33. The quantitative estimate of drug-likeness (QED) is 0.735. The second-order valence-corrected chi connectivity index (χ2v) is 4.59. The molecule has 4 nitrogen and oxygen atoms in total. The third-order valence-electron chi connectivity index (χ3n) is 3.03. The molecule has 0 radical (unpaired) electrons. The number of aliphatic hydroxyl groups is 1. The molecule has 1 unspecified atom stereocenters. The molecule has 1 atom stereocenters. The Kier molecular flexibility index (Phi) is 3.59. The van der Waals surface area contributed by atoms with Crippen molar-refractivity contribution in [2.24, 2.45) is 5.92 Å². The molecule has 0 aromatic heterocycles. The first-order chi connectivity index (χ1) is 7.25. The van der Waals surface area contributed by atoms with Crippen molar-refractivity contribution in [1.82, 2.24) is 4.90 Å². The van der Waals surface area contributed by atoms with Gasteiger partial charge in [-0.2, -0.15) is 0 Å². The summed E-state index contributed by atoms with van der Waals surface area (Å²) in [4.78, 5) is 13.3. The zero-order valence-electron chi connectivity index (χ0n) is 9.02. The van der Waals surface area contributed by atoms with Gasteiger partial charge in [-0.25, -0.2) is 0 Å². The SMILES string of the molecule is O=C(COCC1CC1)N1CCCC(O)C1. The molecule has 1 N–H and O–H groups in total. The number of piperidine rings is 1. The van der Waals surface area contributed by atoms with Gasteiger partial charge in [-0.05, 0) is 31.6 Å². The van der Waals surface area contributed by atoms with E-state index in [1.807, 2.05) is 0 Å². The Bertz CT molecular complexity index is 228. The van der Waals surface area contributed by atoms with Crippen molar-refractivity contribution in [3.63, 3.8) is 0 Å². The Labute approximate surface area is 90.2 Å². The maximum absolute atomic E-state index is 11.6. The molecule has 4 heteroatoms. The topological polar surface area (TPSA) is 49.8 Å². The van der Waals surface area contributed by atoms with Crippen molar-refractivity contribution >= 4 is 5.91 Å². The largest absolute Gasteiger partial charge is 0.391 e. The van der Waals surface area contributed by atoms with Crippen LogP contribution in [0.4, 0.5) is 0 Å². The van der Waals surface area contributed by atoms with E-state index in [9.17, 15) is 9.90 Å². The predicted molar refractivity (Wildman–Crippen MR) is 55.4 cm³/mol. The van der Waals surface area contributed by atoms with Crippen LogP contribution in [0.25, 0.3) is 0 Å². The summed E-state index contributed by atoms with van der Waals surface area (Å²) in [5.74, 6) is 0.721. The zero-order valence-corrected chi connectivity index (χ0v) is 9.02. The van der Waals surface area contributed by atoms with Gasteiger partial charge >= 0.3 is 0 Å². The molecule has 15 heavy (non-hydrogen) atoms. The van der Waals surface area contributed by atoms with Crippen molar-refractivity contribution in [1.29, 1.82) is 0 Å². The lowest BCUT2D eigenvalue weighted by Crippen LogP contribution is -2.43. The van der Waals surface area contributed by atoms with Gasteiger partial charge in [-0.3, -0.25) is 4.79 Å². The molecule has 2 rings (SSSR count). The summed E-state index contributed by atoms with van der Waals surface area (Å²) in [5, 5.41) is 9.42. The fourth-order valence-electron chi connectivity index (χ4n) is 1.87. The number of β-amino-alcohol motifs (C(OH)–C–C–N with tert-alkyl or cyclic N) is 1. The number of likely N-dealkylation sites (tertiary alicyclic amines) is 1. The van der Waals surface area contributed by atoms with Crippen molar-refractivity contribution in [2.45, 2.75) is 31.8 Å². The van der Waals surface area contributed by atoms with Crippen LogP contribution in [0.1, 0.15) is 25.7 Å². The molecular formula is C11H19NO3. The van der Waals surface area contributed by atoms with E-state index in [1.54, 1.807) is 4.90 Å². The molecule has 1 aliphatic carbocycles. The van der Waals surface area contributed by atoms with Crippen LogP contribution in [-0.4, -0.2) is 48.3 Å². The Morgan fingerprint density at radius 1 is 1.40 bits per heavy atom. The standard InChI is InChI=1S/C11H19NO3/c13-10-2-1-5-12(6-10)11(14)8-15-7-9-3-4-9/h9-10,13H,1-8H2. The summed E-state index contributed by atoms with van der Waals surface area (Å²) in [7, 11) is 0. The minimum atomic E-state index is -0.342. The first-order valence-electron chi connectivity index (χ1n) is 5.79. The minimum Gasteiger partial charge on any atom is -0.391 e. The van der Waals surface area contributed by atoms with Gasteiger partial charge in [0.25, 0.3) is 0 Å². The van der Waals surface area contributed by atoms with Crippen LogP contribution in [-0.2, 0) is 9.53 Å². The molecule has 0 bridgehead atoms. The van der Waals surface area contributed by atoms with E-state index in [4.69, 9.17) is 4.74 Å². The number of rotatable bonds is 4. The van der Waals surface area contributed by atoms with Crippen LogP contribution in [0, 0.1) is 5.92 Å². The van der Waals surface area contributed by atoms with E-state index in [0.717, 1.165) is 26.0 Å². The average Bonchev–Trinajstić information content (AvgIpc) is 3.01. The molecule has 1 saturated heterocycles. The van der Waals surface area contributed by atoms with Crippen molar-refractivity contribution < 1.29 is 14.6 Å². The number of hydrogen-bond donors (Lipinski definition) is 1. The molecule has 2 aliphatic rings. The van der Waals surface area contributed by atoms with E-state index >= 15 is 0 Å². The summed E-state index contributed by atoms with van der Waals surface area (Å²) in [6.07, 6.45) is 3.86. The van der Waals surface area contributed by atoms with Gasteiger partial charge in [-0.15, -0.1) is 0 Å². The van der Waals surface area contributed by atoms with Gasteiger partial charge in [-0.1, -0.05) is 0 Å². The highest BCUT2D eigenvalue weighted by molar-refractivity contribution is 5.77. The fraction of sp³-hybridized carbons (Fsp3) is 0.909. The van der Waals surface area contributed by atoms with Gasteiger partial charge in [0.15, 0.2) is 0 Å². The molecule has 1 amide bonds. The number of ether oxygens (including phenoxy) is 1. The van der Waals surface area contributed by atoms with Crippen LogP contribution in [0.3, 0.4) is 0 Å². The predicted octanol–water partition coefficient (Wildman–Crippen LogP) is 0.396. The number of carbonyl (C=O) groups is 1. The highest BCUT2D eigenvalue weighted by Crippen LogP contribution is 2.28. The van der Waals surface area contributed by atoms with Gasteiger partial charge in [0.2, 0.25) is 5.91 Å². The van der Waals surface area contributed by atoms with Gasteiger partial charge in [0.1, 0.15) is 6.61 Å². The Balaban J connectivity index is 1.64. The second kappa shape index (κ2) is 4.94. The average molecular weight is 213 g/mol. The third-order valence-corrected chi connectivity index (χ3v) is 3.03. The normalized spacial score (nSPS) is 26.7. The summed E-state index contributed by atoms with van der Waals surface area (Å²) in [6, 6.07) is 0. The minimum absolute atomic E-state index is 0.0226. The lowest BCUT2D eigenvalue weighted by molar-refractivity contribution is -0.139. The van der Waals surface area contributed by atoms with Gasteiger partial charge in [0.05, 0.1) is 12.7 Å². The molecule has 1 heterocycles. The number of hydrogen-bond acceptors (Lipinski definition) is 3. The molecule has 1 aliphatic heterocycles. The highest BCUT2D eigenvalue weighted by atomic mass is 16.5. The van der Waals surface area contributed by atoms with Gasteiger partial charge in [0, 0.05) is 13.1 Å². The lowest BCUT2D eigenvalue weighted by atomic mass is 10.1. The lowest BCUT2D eigenvalue weighted by Gasteiger charge is -2.30. The van der Waals surface area contributed by atoms with E-state index in [-0.39, 0.29) is 18.6 Å². The molecular weight excluding hydrogens is 194 g/mol. The monoisotopic (exact) mass is 213 g/mol. The Morgan fingerprint density at radius 2 is 2.20 bits per heavy atom. The molecule has 1 saturated carbocycles. The first-order valence-corrected chi connectivity index (χ1v) is 5.79. The highest BCUT2D eigenvalue weighted by Gasteiger charge is 2.24. The molecule has 86 valence electrons. The van der Waals surface area contributed by atoms with Gasteiger partial charge < -0.3 is 14.7 Å². The fourth-order valence-corrected chi connectivity index (χ4v) is 1.87. The van der Waals surface area contributed by atoms with E-state index in [1.165, 1.54) is 12.8 Å².